The highest BCUT2D eigenvalue weighted by molar-refractivity contribution is 6.86. The third-order valence-electron chi connectivity index (χ3n) is 7.84. The summed E-state index contributed by atoms with van der Waals surface area (Å²) < 4.78 is 7.35. The predicted octanol–water partition coefficient (Wildman–Crippen LogP) is 9.98. The zero-order chi connectivity index (χ0) is 26.1. The Kier molecular flexibility index (Phi) is 24.9. The first-order chi connectivity index (χ1) is 16.9. The molecule has 212 valence electrons. The highest BCUT2D eigenvalue weighted by Gasteiger charge is 2.38. The minimum Gasteiger partial charge on any atom is -0.455 e. The average Bonchev–Trinajstić information content (AvgIpc) is 2.83. The lowest BCUT2D eigenvalue weighted by Gasteiger charge is -2.39. The van der Waals surface area contributed by atoms with Crippen molar-refractivity contribution in [1.82, 2.24) is 0 Å². The van der Waals surface area contributed by atoms with Crippen molar-refractivity contribution in [3.8, 4) is 0 Å². The van der Waals surface area contributed by atoms with E-state index < -0.39 is 16.6 Å². The topological polar surface area (TPSA) is 49.7 Å². The molecule has 2 N–H and O–H groups in total. The maximum absolute atomic E-state index is 9.37. The second-order valence-electron chi connectivity index (χ2n) is 11.8. The predicted molar refractivity (Wildman–Crippen MR) is 161 cm³/mol. The molecular formula is C30H66O3Si2. The Morgan fingerprint density at radius 3 is 0.943 bits per heavy atom. The molecular weight excluding hydrogens is 464 g/mol. The third kappa shape index (κ3) is 22.0. The van der Waals surface area contributed by atoms with Gasteiger partial charge in [-0.05, 0) is 50.1 Å². The van der Waals surface area contributed by atoms with E-state index in [9.17, 15) is 10.2 Å². The van der Waals surface area contributed by atoms with Crippen LogP contribution in [0.5, 0.6) is 0 Å². The van der Waals surface area contributed by atoms with Gasteiger partial charge in [0, 0.05) is 13.2 Å². The summed E-state index contributed by atoms with van der Waals surface area (Å²) in [4.78, 5) is 0. The Balaban J connectivity index is 4.75. The van der Waals surface area contributed by atoms with Crippen LogP contribution in [0.4, 0.5) is 0 Å². The van der Waals surface area contributed by atoms with Crippen molar-refractivity contribution in [2.45, 2.75) is 180 Å². The fourth-order valence-electron chi connectivity index (χ4n) is 5.54. The van der Waals surface area contributed by atoms with Crippen LogP contribution >= 0.6 is 0 Å². The summed E-state index contributed by atoms with van der Waals surface area (Å²) in [6.07, 6.45) is 26.1. The quantitative estimate of drug-likeness (QED) is 0.0781. The molecule has 0 rings (SSSR count). The molecule has 0 aliphatic rings. The van der Waals surface area contributed by atoms with Gasteiger partial charge in [-0.3, -0.25) is 0 Å². The van der Waals surface area contributed by atoms with Crippen LogP contribution in [0, 0.1) is 0 Å². The highest BCUT2D eigenvalue weighted by Crippen LogP contribution is 2.33. The van der Waals surface area contributed by atoms with Gasteiger partial charge in [0.25, 0.3) is 0 Å². The Bertz CT molecular complexity index is 400. The van der Waals surface area contributed by atoms with Crippen LogP contribution in [-0.2, 0) is 4.12 Å². The van der Waals surface area contributed by atoms with Gasteiger partial charge in [0.05, 0.1) is 0 Å². The molecule has 3 nitrogen and oxygen atoms in total. The summed E-state index contributed by atoms with van der Waals surface area (Å²) in [5.41, 5.74) is 0. The van der Waals surface area contributed by atoms with Crippen LogP contribution in [0.25, 0.3) is 0 Å². The maximum atomic E-state index is 9.37. The standard InChI is InChI=1S/C30H66O3Si2/c1-5-7-9-11-13-15-17-21-27-34(3,29-23-19-25-31)33-35(4,30-24-20-26-32)28-22-18-16-14-12-10-8-6-2/h31-32H,5-30H2,1-4H3. The molecule has 0 bridgehead atoms. The van der Waals surface area contributed by atoms with Crippen molar-refractivity contribution in [2.75, 3.05) is 13.2 Å². The van der Waals surface area contributed by atoms with E-state index in [4.69, 9.17) is 4.12 Å². The maximum Gasteiger partial charge on any atom is 0.176 e. The van der Waals surface area contributed by atoms with E-state index >= 15 is 0 Å². The van der Waals surface area contributed by atoms with Crippen molar-refractivity contribution in [3.63, 3.8) is 0 Å². The van der Waals surface area contributed by atoms with Gasteiger partial charge in [-0.25, -0.2) is 0 Å². The van der Waals surface area contributed by atoms with Crippen molar-refractivity contribution in [1.29, 1.82) is 0 Å². The zero-order valence-electron chi connectivity index (χ0n) is 24.7. The Morgan fingerprint density at radius 1 is 0.400 bits per heavy atom. The summed E-state index contributed by atoms with van der Waals surface area (Å²) in [6, 6.07) is 5.02. The summed E-state index contributed by atoms with van der Waals surface area (Å²) in [7, 11) is -3.53. The van der Waals surface area contributed by atoms with Gasteiger partial charge in [-0.15, -0.1) is 0 Å². The molecule has 0 aliphatic carbocycles. The molecule has 0 fully saturated rings. The number of hydrogen-bond acceptors (Lipinski definition) is 3. The molecule has 0 saturated heterocycles. The van der Waals surface area contributed by atoms with Crippen molar-refractivity contribution >= 4 is 16.6 Å². The lowest BCUT2D eigenvalue weighted by Crippen LogP contribution is -2.48. The molecule has 0 aliphatic heterocycles. The van der Waals surface area contributed by atoms with Gasteiger partial charge in [-0.2, -0.15) is 0 Å². The second kappa shape index (κ2) is 24.6. The molecule has 0 aromatic carbocycles. The van der Waals surface area contributed by atoms with Crippen LogP contribution in [0.3, 0.4) is 0 Å². The van der Waals surface area contributed by atoms with Crippen LogP contribution in [0.2, 0.25) is 37.3 Å². The molecule has 0 spiro atoms. The van der Waals surface area contributed by atoms with E-state index in [1.54, 1.807) is 0 Å². The Morgan fingerprint density at radius 2 is 0.657 bits per heavy atom. The minimum atomic E-state index is -1.77. The molecule has 0 saturated carbocycles. The number of aliphatic hydroxyl groups excluding tert-OH is 2. The lowest BCUT2D eigenvalue weighted by atomic mass is 10.1. The first-order valence-corrected chi connectivity index (χ1v) is 21.5. The fraction of sp³-hybridized carbons (Fsp3) is 1.00. The SMILES string of the molecule is CCCCCCCCCC[Si](C)(CCCCO)O[Si](C)(CCCCO)CCCCCCCCCC. The van der Waals surface area contributed by atoms with Crippen molar-refractivity contribution in [2.24, 2.45) is 0 Å². The summed E-state index contributed by atoms with van der Waals surface area (Å²) in [5, 5.41) is 18.7. The van der Waals surface area contributed by atoms with E-state index in [2.05, 4.69) is 26.9 Å². The molecule has 0 heterocycles. The summed E-state index contributed by atoms with van der Waals surface area (Å²) >= 11 is 0. The van der Waals surface area contributed by atoms with Gasteiger partial charge in [-0.1, -0.05) is 129 Å². The first kappa shape index (κ1) is 35.3. The molecule has 0 aromatic heterocycles. The minimum absolute atomic E-state index is 0.311. The number of hydrogen-bond donors (Lipinski definition) is 2. The van der Waals surface area contributed by atoms with E-state index in [-0.39, 0.29) is 0 Å². The van der Waals surface area contributed by atoms with Gasteiger partial charge < -0.3 is 14.3 Å². The van der Waals surface area contributed by atoms with Crippen LogP contribution in [0.1, 0.15) is 142 Å². The molecule has 35 heavy (non-hydrogen) atoms. The third-order valence-corrected chi connectivity index (χ3v) is 17.4. The number of rotatable bonds is 28. The largest absolute Gasteiger partial charge is 0.455 e. The van der Waals surface area contributed by atoms with E-state index in [0.717, 1.165) is 25.7 Å². The Hall–Kier alpha value is 0.314. The molecule has 5 heteroatoms. The lowest BCUT2D eigenvalue weighted by molar-refractivity contribution is 0.285. The Labute approximate surface area is 223 Å². The molecule has 2 unspecified atom stereocenters. The smallest absolute Gasteiger partial charge is 0.176 e. The van der Waals surface area contributed by atoms with E-state index in [0.29, 0.717) is 13.2 Å². The monoisotopic (exact) mass is 530 g/mol. The van der Waals surface area contributed by atoms with Gasteiger partial charge >= 0.3 is 0 Å². The van der Waals surface area contributed by atoms with Gasteiger partial charge in [0.1, 0.15) is 0 Å². The van der Waals surface area contributed by atoms with E-state index in [1.807, 2.05) is 0 Å². The average molecular weight is 531 g/mol. The summed E-state index contributed by atoms with van der Waals surface area (Å²) in [6.45, 7) is 10.2. The molecule has 0 amide bonds. The molecule has 0 aromatic rings. The second-order valence-corrected chi connectivity index (χ2v) is 20.4. The molecule has 0 radical (unpaired) electrons. The zero-order valence-corrected chi connectivity index (χ0v) is 26.7. The normalized spacial score (nSPS) is 15.3. The van der Waals surface area contributed by atoms with Crippen LogP contribution in [0.15, 0.2) is 0 Å². The summed E-state index contributed by atoms with van der Waals surface area (Å²) in [5.74, 6) is 0. The van der Waals surface area contributed by atoms with Crippen LogP contribution < -0.4 is 0 Å². The van der Waals surface area contributed by atoms with Crippen molar-refractivity contribution < 1.29 is 14.3 Å². The van der Waals surface area contributed by atoms with Crippen molar-refractivity contribution in [3.05, 3.63) is 0 Å². The molecule has 2 atom stereocenters. The van der Waals surface area contributed by atoms with E-state index in [1.165, 1.54) is 127 Å². The van der Waals surface area contributed by atoms with Crippen LogP contribution in [-0.4, -0.2) is 40.1 Å². The first-order valence-electron chi connectivity index (χ1n) is 15.9. The number of unbranched alkanes of at least 4 members (excludes halogenated alkanes) is 16. The van der Waals surface area contributed by atoms with Gasteiger partial charge in [0.2, 0.25) is 0 Å². The highest BCUT2D eigenvalue weighted by atomic mass is 28.4. The van der Waals surface area contributed by atoms with Gasteiger partial charge in [0.15, 0.2) is 16.6 Å². The fourth-order valence-corrected chi connectivity index (χ4v) is 16.4. The number of aliphatic hydroxyl groups is 2.